The number of carbonyl (C=O) groups is 1. The smallest absolute Gasteiger partial charge is 0.220 e. The highest BCUT2D eigenvalue weighted by Gasteiger charge is 2.35. The van der Waals surface area contributed by atoms with Gasteiger partial charge < -0.3 is 10.6 Å². The molecule has 1 aliphatic carbocycles. The Hall–Kier alpha value is -0.570. The molecule has 0 spiro atoms. The van der Waals surface area contributed by atoms with Crippen LogP contribution in [0.3, 0.4) is 0 Å². The maximum Gasteiger partial charge on any atom is 0.220 e. The van der Waals surface area contributed by atoms with Crippen molar-refractivity contribution in [1.29, 1.82) is 0 Å². The summed E-state index contributed by atoms with van der Waals surface area (Å²) in [6.45, 7) is 5.40. The number of hydrogen-bond donors (Lipinski definition) is 2. The number of carbonyl (C=O) groups excluding carboxylic acids is 1. The molecule has 2 aliphatic rings. The molecule has 1 saturated carbocycles. The van der Waals surface area contributed by atoms with Crippen LogP contribution in [0.25, 0.3) is 0 Å². The van der Waals surface area contributed by atoms with Crippen molar-refractivity contribution in [3.8, 4) is 0 Å². The molecule has 2 fully saturated rings. The van der Waals surface area contributed by atoms with Gasteiger partial charge in [-0.1, -0.05) is 19.8 Å². The second kappa shape index (κ2) is 6.55. The van der Waals surface area contributed by atoms with Crippen LogP contribution >= 0.6 is 0 Å². The highest BCUT2D eigenvalue weighted by atomic mass is 16.1. The van der Waals surface area contributed by atoms with Crippen LogP contribution in [0.4, 0.5) is 0 Å². The Bertz CT molecular complexity index is 268. The molecule has 0 aromatic heterocycles. The summed E-state index contributed by atoms with van der Waals surface area (Å²) in [4.78, 5) is 11.9. The lowest BCUT2D eigenvalue weighted by molar-refractivity contribution is -0.122. The summed E-state index contributed by atoms with van der Waals surface area (Å²) in [5.41, 5.74) is 0.458. The van der Waals surface area contributed by atoms with E-state index < -0.39 is 0 Å². The van der Waals surface area contributed by atoms with Gasteiger partial charge in [0, 0.05) is 13.0 Å². The Morgan fingerprint density at radius 2 is 2.28 bits per heavy atom. The quantitative estimate of drug-likeness (QED) is 0.731. The lowest BCUT2D eigenvalue weighted by Crippen LogP contribution is -2.42. The van der Waals surface area contributed by atoms with Gasteiger partial charge in [0.15, 0.2) is 0 Å². The van der Waals surface area contributed by atoms with Crippen molar-refractivity contribution in [1.82, 2.24) is 10.6 Å². The predicted octanol–water partition coefficient (Wildman–Crippen LogP) is 2.46. The lowest BCUT2D eigenvalue weighted by Gasteiger charge is -2.42. The highest BCUT2D eigenvalue weighted by molar-refractivity contribution is 5.75. The molecule has 1 atom stereocenters. The van der Waals surface area contributed by atoms with Crippen LogP contribution in [0.1, 0.15) is 58.3 Å². The fourth-order valence-electron chi connectivity index (χ4n) is 3.39. The number of nitrogens with one attached hydrogen (secondary N) is 2. The molecule has 1 aliphatic heterocycles. The third-order valence-electron chi connectivity index (χ3n) is 4.80. The first kappa shape index (κ1) is 13.9. The summed E-state index contributed by atoms with van der Waals surface area (Å²) in [6.07, 6.45) is 9.51. The highest BCUT2D eigenvalue weighted by Crippen LogP contribution is 2.44. The summed E-state index contributed by atoms with van der Waals surface area (Å²) >= 11 is 0. The normalized spacial score (nSPS) is 25.7. The molecule has 3 nitrogen and oxygen atoms in total. The van der Waals surface area contributed by atoms with E-state index in [1.54, 1.807) is 0 Å². The molecule has 104 valence electrons. The monoisotopic (exact) mass is 252 g/mol. The fraction of sp³-hybridized carbons (Fsp3) is 0.933. The summed E-state index contributed by atoms with van der Waals surface area (Å²) in [6, 6.07) is 0. The zero-order valence-corrected chi connectivity index (χ0v) is 11.8. The standard InChI is InChI=1S/C15H28N2O/c1-2-7-15(8-3-9-15)12-17-14(18)5-4-13-6-10-16-11-13/h13,16H,2-12H2,1H3,(H,17,18). The zero-order chi connectivity index (χ0) is 12.8. The van der Waals surface area contributed by atoms with Crippen molar-refractivity contribution in [2.45, 2.75) is 58.3 Å². The Morgan fingerprint density at radius 3 is 2.83 bits per heavy atom. The van der Waals surface area contributed by atoms with Gasteiger partial charge >= 0.3 is 0 Å². The molecule has 1 saturated heterocycles. The third-order valence-corrected chi connectivity index (χ3v) is 4.80. The largest absolute Gasteiger partial charge is 0.356 e. The van der Waals surface area contributed by atoms with Crippen LogP contribution in [0, 0.1) is 11.3 Å². The molecular formula is C15H28N2O. The van der Waals surface area contributed by atoms with E-state index in [2.05, 4.69) is 17.6 Å². The first-order valence-electron chi connectivity index (χ1n) is 7.71. The lowest BCUT2D eigenvalue weighted by atomic mass is 9.66. The van der Waals surface area contributed by atoms with Gasteiger partial charge in [-0.25, -0.2) is 0 Å². The van der Waals surface area contributed by atoms with Crippen LogP contribution in [-0.4, -0.2) is 25.5 Å². The molecule has 1 heterocycles. The van der Waals surface area contributed by atoms with E-state index in [0.29, 0.717) is 11.8 Å². The average molecular weight is 252 g/mol. The molecule has 1 unspecified atom stereocenters. The molecule has 0 radical (unpaired) electrons. The Balaban J connectivity index is 1.61. The average Bonchev–Trinajstić information content (AvgIpc) is 2.82. The van der Waals surface area contributed by atoms with Gasteiger partial charge in [-0.15, -0.1) is 0 Å². The minimum atomic E-state index is 0.268. The van der Waals surface area contributed by atoms with Crippen molar-refractivity contribution in [3.05, 3.63) is 0 Å². The molecule has 0 aromatic carbocycles. The molecule has 2 rings (SSSR count). The number of amides is 1. The van der Waals surface area contributed by atoms with Gasteiger partial charge in [0.1, 0.15) is 0 Å². The van der Waals surface area contributed by atoms with Gasteiger partial charge in [-0.2, -0.15) is 0 Å². The van der Waals surface area contributed by atoms with E-state index in [0.717, 1.165) is 32.0 Å². The van der Waals surface area contributed by atoms with Gasteiger partial charge in [0.05, 0.1) is 0 Å². The summed E-state index contributed by atoms with van der Waals surface area (Å²) in [5, 5.41) is 6.53. The first-order valence-corrected chi connectivity index (χ1v) is 7.71. The van der Waals surface area contributed by atoms with Gasteiger partial charge in [-0.3, -0.25) is 4.79 Å². The van der Waals surface area contributed by atoms with Gasteiger partial charge in [-0.05, 0) is 56.5 Å². The Kier molecular flexibility index (Phi) is 5.04. The molecule has 3 heteroatoms. The van der Waals surface area contributed by atoms with Crippen LogP contribution in [0.5, 0.6) is 0 Å². The van der Waals surface area contributed by atoms with E-state index in [9.17, 15) is 4.79 Å². The predicted molar refractivity (Wildman–Crippen MR) is 74.4 cm³/mol. The van der Waals surface area contributed by atoms with E-state index in [4.69, 9.17) is 0 Å². The SMILES string of the molecule is CCCC1(CNC(=O)CCC2CCNC2)CCC1. The van der Waals surface area contributed by atoms with Gasteiger partial charge in [0.2, 0.25) is 5.91 Å². The molecule has 0 bridgehead atoms. The van der Waals surface area contributed by atoms with Crippen LogP contribution in [0.15, 0.2) is 0 Å². The molecular weight excluding hydrogens is 224 g/mol. The molecule has 2 N–H and O–H groups in total. The van der Waals surface area contributed by atoms with E-state index in [1.165, 1.54) is 38.5 Å². The Labute approximate surface area is 111 Å². The molecule has 18 heavy (non-hydrogen) atoms. The van der Waals surface area contributed by atoms with E-state index in [-0.39, 0.29) is 5.91 Å². The fourth-order valence-corrected chi connectivity index (χ4v) is 3.39. The molecule has 0 aromatic rings. The zero-order valence-electron chi connectivity index (χ0n) is 11.8. The van der Waals surface area contributed by atoms with Crippen molar-refractivity contribution in [2.75, 3.05) is 19.6 Å². The minimum Gasteiger partial charge on any atom is -0.356 e. The third kappa shape index (κ3) is 3.71. The first-order chi connectivity index (χ1) is 8.74. The second-order valence-electron chi connectivity index (χ2n) is 6.28. The Morgan fingerprint density at radius 1 is 1.44 bits per heavy atom. The summed E-state index contributed by atoms with van der Waals surface area (Å²) in [7, 11) is 0. The van der Waals surface area contributed by atoms with Crippen molar-refractivity contribution < 1.29 is 4.79 Å². The number of rotatable bonds is 7. The van der Waals surface area contributed by atoms with Crippen LogP contribution in [0.2, 0.25) is 0 Å². The van der Waals surface area contributed by atoms with Gasteiger partial charge in [0.25, 0.3) is 0 Å². The molecule has 1 amide bonds. The van der Waals surface area contributed by atoms with Crippen LogP contribution < -0.4 is 10.6 Å². The van der Waals surface area contributed by atoms with Crippen molar-refractivity contribution in [3.63, 3.8) is 0 Å². The summed E-state index contributed by atoms with van der Waals surface area (Å²) in [5.74, 6) is 0.994. The van der Waals surface area contributed by atoms with E-state index >= 15 is 0 Å². The minimum absolute atomic E-state index is 0.268. The topological polar surface area (TPSA) is 41.1 Å². The van der Waals surface area contributed by atoms with Crippen molar-refractivity contribution in [2.24, 2.45) is 11.3 Å². The van der Waals surface area contributed by atoms with Crippen LogP contribution in [-0.2, 0) is 4.79 Å². The van der Waals surface area contributed by atoms with E-state index in [1.807, 2.05) is 0 Å². The second-order valence-corrected chi connectivity index (χ2v) is 6.28. The summed E-state index contributed by atoms with van der Waals surface area (Å²) < 4.78 is 0. The number of hydrogen-bond acceptors (Lipinski definition) is 2. The maximum absolute atomic E-state index is 11.9. The maximum atomic E-state index is 11.9. The van der Waals surface area contributed by atoms with Crippen molar-refractivity contribution >= 4 is 5.91 Å².